The minimum absolute atomic E-state index is 0.00980. The summed E-state index contributed by atoms with van der Waals surface area (Å²) in [5.74, 6) is 1.32. The molecule has 3 heterocycles. The van der Waals surface area contributed by atoms with Gasteiger partial charge in [0.25, 0.3) is 0 Å². The zero-order valence-electron chi connectivity index (χ0n) is 17.3. The number of carbonyl (C=O) groups is 1. The van der Waals surface area contributed by atoms with Crippen LogP contribution in [0.2, 0.25) is 0 Å². The predicted molar refractivity (Wildman–Crippen MR) is 116 cm³/mol. The molecule has 4 rings (SSSR count). The molecular formula is C22H30ClN5O. The summed E-state index contributed by atoms with van der Waals surface area (Å²) in [6.45, 7) is 6.30. The van der Waals surface area contributed by atoms with Gasteiger partial charge >= 0.3 is 0 Å². The lowest BCUT2D eigenvalue weighted by molar-refractivity contribution is -0.130. The van der Waals surface area contributed by atoms with Gasteiger partial charge in [0.15, 0.2) is 0 Å². The number of rotatable bonds is 5. The van der Waals surface area contributed by atoms with Crippen molar-refractivity contribution in [2.24, 2.45) is 11.8 Å². The van der Waals surface area contributed by atoms with Gasteiger partial charge in [0.2, 0.25) is 5.91 Å². The van der Waals surface area contributed by atoms with E-state index in [1.165, 1.54) is 0 Å². The second-order valence-corrected chi connectivity index (χ2v) is 9.36. The molecule has 4 unspecified atom stereocenters. The summed E-state index contributed by atoms with van der Waals surface area (Å²) < 4.78 is 2.00. The molecule has 5 atom stereocenters. The first-order chi connectivity index (χ1) is 13.9. The van der Waals surface area contributed by atoms with E-state index in [1.807, 2.05) is 29.1 Å². The molecule has 7 heteroatoms. The van der Waals surface area contributed by atoms with Crippen LogP contribution >= 0.6 is 11.6 Å². The number of alkyl halides is 1. The highest BCUT2D eigenvalue weighted by atomic mass is 35.5. The number of carbonyl (C=O) groups excluding carboxylic acids is 1. The quantitative estimate of drug-likeness (QED) is 0.716. The Labute approximate surface area is 177 Å². The third kappa shape index (κ3) is 4.27. The van der Waals surface area contributed by atoms with E-state index < -0.39 is 0 Å². The van der Waals surface area contributed by atoms with Crippen LogP contribution in [0.1, 0.15) is 52.5 Å². The van der Waals surface area contributed by atoms with Crippen molar-refractivity contribution in [3.05, 3.63) is 30.6 Å². The minimum Gasteiger partial charge on any atom is -0.367 e. The number of nitrogens with zero attached hydrogens (tertiary/aromatic N) is 3. The molecule has 1 saturated heterocycles. The average Bonchev–Trinajstić information content (AvgIpc) is 3.18. The third-order valence-electron chi connectivity index (χ3n) is 6.33. The topological polar surface area (TPSA) is 71.8 Å². The number of pyridine rings is 1. The van der Waals surface area contributed by atoms with Crippen molar-refractivity contribution in [1.82, 2.24) is 20.1 Å². The number of anilines is 1. The van der Waals surface area contributed by atoms with Crippen molar-refractivity contribution in [2.75, 3.05) is 5.32 Å². The first-order valence-corrected chi connectivity index (χ1v) is 11.1. The molecule has 2 fully saturated rings. The van der Waals surface area contributed by atoms with Crippen molar-refractivity contribution in [2.45, 2.75) is 70.0 Å². The number of piperidine rings is 1. The minimum atomic E-state index is -0.0788. The van der Waals surface area contributed by atoms with Crippen LogP contribution in [0.25, 0.3) is 11.3 Å². The maximum Gasteiger partial charge on any atom is 0.225 e. The van der Waals surface area contributed by atoms with Crippen LogP contribution in [0.4, 0.5) is 5.82 Å². The molecule has 0 bridgehead atoms. The molecule has 1 amide bonds. The summed E-state index contributed by atoms with van der Waals surface area (Å²) in [5, 5.41) is 11.4. The van der Waals surface area contributed by atoms with E-state index in [0.29, 0.717) is 12.0 Å². The van der Waals surface area contributed by atoms with Gasteiger partial charge in [-0.2, -0.15) is 5.10 Å². The Morgan fingerprint density at radius 2 is 2.03 bits per heavy atom. The van der Waals surface area contributed by atoms with E-state index in [1.54, 1.807) is 6.20 Å². The predicted octanol–water partition coefficient (Wildman–Crippen LogP) is 4.24. The van der Waals surface area contributed by atoms with E-state index in [2.05, 4.69) is 41.5 Å². The van der Waals surface area contributed by atoms with Crippen LogP contribution in [-0.4, -0.2) is 38.1 Å². The Kier molecular flexibility index (Phi) is 5.81. The van der Waals surface area contributed by atoms with Crippen molar-refractivity contribution in [3.63, 3.8) is 0 Å². The molecule has 2 aliphatic rings. The highest BCUT2D eigenvalue weighted by Gasteiger charge is 2.41. The average molecular weight is 416 g/mol. The van der Waals surface area contributed by atoms with Gasteiger partial charge in [0.05, 0.1) is 11.6 Å². The monoisotopic (exact) mass is 415 g/mol. The molecular weight excluding hydrogens is 386 g/mol. The normalized spacial score (nSPS) is 28.0. The summed E-state index contributed by atoms with van der Waals surface area (Å²) in [4.78, 5) is 17.2. The fourth-order valence-corrected chi connectivity index (χ4v) is 5.12. The first-order valence-electron chi connectivity index (χ1n) is 10.6. The molecule has 6 nitrogen and oxygen atoms in total. The van der Waals surface area contributed by atoms with Crippen LogP contribution in [-0.2, 0) is 4.79 Å². The highest BCUT2D eigenvalue weighted by Crippen LogP contribution is 2.37. The van der Waals surface area contributed by atoms with Crippen LogP contribution in [0.15, 0.2) is 30.6 Å². The Bertz CT molecular complexity index is 866. The molecule has 1 saturated carbocycles. The number of hydrogen-bond donors (Lipinski definition) is 2. The van der Waals surface area contributed by atoms with Crippen LogP contribution in [0.3, 0.4) is 0 Å². The zero-order valence-corrected chi connectivity index (χ0v) is 18.1. The standard InChI is InChI=1S/C22H30ClN5O/c1-13(2)28-20(7-9-25-28)15-6-8-24-21(12-15)26-14(3)18-11-16-10-17(23)4-5-19(16)27-22(18)29/h6-9,12-14,16-19H,4-5,10-11H2,1-3H3,(H,24,26)(H,27,29)/t14-,16?,17?,18?,19?/m0/s1. The van der Waals surface area contributed by atoms with E-state index in [-0.39, 0.29) is 29.3 Å². The third-order valence-corrected chi connectivity index (χ3v) is 6.73. The van der Waals surface area contributed by atoms with Gasteiger partial charge in [0.1, 0.15) is 5.82 Å². The molecule has 1 aliphatic heterocycles. The molecule has 0 aromatic carbocycles. The van der Waals surface area contributed by atoms with Gasteiger partial charge in [-0.3, -0.25) is 9.48 Å². The lowest BCUT2D eigenvalue weighted by atomic mass is 9.74. The first kappa shape index (κ1) is 20.2. The number of fused-ring (bicyclic) bond motifs is 1. The maximum absolute atomic E-state index is 12.7. The fraction of sp³-hybridized carbons (Fsp3) is 0.591. The van der Waals surface area contributed by atoms with E-state index in [0.717, 1.165) is 42.8 Å². The summed E-state index contributed by atoms with van der Waals surface area (Å²) in [6.07, 6.45) is 7.48. The number of amides is 1. The van der Waals surface area contributed by atoms with Gasteiger partial charge in [-0.1, -0.05) is 0 Å². The van der Waals surface area contributed by atoms with Gasteiger partial charge < -0.3 is 10.6 Å². The zero-order chi connectivity index (χ0) is 20.5. The lowest BCUT2D eigenvalue weighted by Crippen LogP contribution is -2.55. The number of halogens is 1. The van der Waals surface area contributed by atoms with Crippen molar-refractivity contribution < 1.29 is 4.79 Å². The molecule has 0 radical (unpaired) electrons. The van der Waals surface area contributed by atoms with Gasteiger partial charge in [-0.25, -0.2) is 4.98 Å². The van der Waals surface area contributed by atoms with Crippen molar-refractivity contribution in [1.29, 1.82) is 0 Å². The number of hydrogen-bond acceptors (Lipinski definition) is 4. The van der Waals surface area contributed by atoms with Crippen LogP contribution in [0, 0.1) is 11.8 Å². The Morgan fingerprint density at radius 3 is 2.83 bits per heavy atom. The number of nitrogens with one attached hydrogen (secondary N) is 2. The largest absolute Gasteiger partial charge is 0.367 e. The second kappa shape index (κ2) is 8.34. The summed E-state index contributed by atoms with van der Waals surface area (Å²) in [7, 11) is 0. The molecule has 156 valence electrons. The van der Waals surface area contributed by atoms with E-state index in [4.69, 9.17) is 11.6 Å². The van der Waals surface area contributed by atoms with E-state index >= 15 is 0 Å². The fourth-order valence-electron chi connectivity index (χ4n) is 4.77. The maximum atomic E-state index is 12.7. The second-order valence-electron chi connectivity index (χ2n) is 8.75. The van der Waals surface area contributed by atoms with Crippen LogP contribution in [0.5, 0.6) is 0 Å². The summed E-state index contributed by atoms with van der Waals surface area (Å²) in [5.41, 5.74) is 2.12. The van der Waals surface area contributed by atoms with Crippen LogP contribution < -0.4 is 10.6 Å². The Balaban J connectivity index is 1.48. The highest BCUT2D eigenvalue weighted by molar-refractivity contribution is 6.20. The van der Waals surface area contributed by atoms with Gasteiger partial charge in [-0.05, 0) is 70.6 Å². The van der Waals surface area contributed by atoms with Crippen molar-refractivity contribution in [3.8, 4) is 11.3 Å². The molecule has 2 aromatic heterocycles. The Morgan fingerprint density at radius 1 is 1.21 bits per heavy atom. The molecule has 0 spiro atoms. The molecule has 2 aromatic rings. The SMILES string of the molecule is CC(C)n1nccc1-c1ccnc(N[C@@H](C)C2CC3CC(Cl)CCC3NC2=O)c1. The summed E-state index contributed by atoms with van der Waals surface area (Å²) in [6, 6.07) is 6.60. The van der Waals surface area contributed by atoms with E-state index in [9.17, 15) is 4.79 Å². The van der Waals surface area contributed by atoms with Gasteiger partial charge in [0, 0.05) is 41.5 Å². The lowest BCUT2D eigenvalue weighted by Gasteiger charge is -2.42. The van der Waals surface area contributed by atoms with Crippen molar-refractivity contribution >= 4 is 23.3 Å². The molecule has 1 aliphatic carbocycles. The smallest absolute Gasteiger partial charge is 0.225 e. The Hall–Kier alpha value is -2.08. The molecule has 2 N–H and O–H groups in total. The number of aromatic nitrogens is 3. The summed E-state index contributed by atoms with van der Waals surface area (Å²) >= 11 is 6.39. The molecule has 29 heavy (non-hydrogen) atoms. The van der Waals surface area contributed by atoms with Gasteiger partial charge in [-0.15, -0.1) is 11.6 Å².